The predicted molar refractivity (Wildman–Crippen MR) is 71.9 cm³/mol. The van der Waals surface area contributed by atoms with Crippen molar-refractivity contribution < 1.29 is 14.6 Å². The third-order valence-electron chi connectivity index (χ3n) is 4.89. The summed E-state index contributed by atoms with van der Waals surface area (Å²) in [6.07, 6.45) is 5.03. The lowest BCUT2D eigenvalue weighted by Crippen LogP contribution is -2.48. The van der Waals surface area contributed by atoms with Crippen LogP contribution in [0.1, 0.15) is 43.8 Å². The predicted octanol–water partition coefficient (Wildman–Crippen LogP) is 2.96. The van der Waals surface area contributed by atoms with E-state index in [0.717, 1.165) is 32.1 Å². The Morgan fingerprint density at radius 2 is 1.95 bits per heavy atom. The van der Waals surface area contributed by atoms with Crippen LogP contribution in [-0.2, 0) is 0 Å². The molecule has 1 aromatic rings. The first kappa shape index (κ1) is 13.5. The Morgan fingerprint density at radius 3 is 2.58 bits per heavy atom. The molecule has 0 radical (unpaired) electrons. The normalized spacial score (nSPS) is 35.4. The number of hydrogen-bond donors (Lipinski definition) is 2. The van der Waals surface area contributed by atoms with E-state index in [9.17, 15) is 14.6 Å². The molecule has 2 saturated carbocycles. The van der Waals surface area contributed by atoms with Crippen molar-refractivity contribution in [2.24, 2.45) is 11.8 Å². The van der Waals surface area contributed by atoms with Crippen molar-refractivity contribution in [1.82, 2.24) is 4.98 Å². The number of pyridine rings is 1. The lowest BCUT2D eigenvalue weighted by Gasteiger charge is -2.43. The first-order valence-corrected chi connectivity index (χ1v) is 7.54. The maximum atomic E-state index is 14.1. The molecule has 2 fully saturated rings. The molecule has 2 bridgehead atoms. The largest absolute Gasteiger partial charge is 0.386 e. The van der Waals surface area contributed by atoms with Crippen molar-refractivity contribution in [2.45, 2.75) is 43.8 Å². The van der Waals surface area contributed by atoms with Gasteiger partial charge >= 0.3 is 0 Å². The van der Waals surface area contributed by atoms with E-state index in [4.69, 9.17) is 0 Å². The third kappa shape index (κ3) is 1.94. The van der Waals surface area contributed by atoms with Crippen molar-refractivity contribution >= 4 is 15.9 Å². The number of aliphatic hydroxyl groups is 2. The Kier molecular flexibility index (Phi) is 3.39. The third-order valence-corrected chi connectivity index (χ3v) is 5.44. The molecule has 3 nitrogen and oxygen atoms in total. The Labute approximate surface area is 120 Å². The van der Waals surface area contributed by atoms with Gasteiger partial charge in [-0.1, -0.05) is 6.42 Å². The van der Waals surface area contributed by atoms with Crippen LogP contribution in [0.4, 0.5) is 4.39 Å². The summed E-state index contributed by atoms with van der Waals surface area (Å²) in [7, 11) is 0. The first-order valence-electron chi connectivity index (χ1n) is 6.75. The highest BCUT2D eigenvalue weighted by atomic mass is 79.9. The summed E-state index contributed by atoms with van der Waals surface area (Å²) < 4.78 is 14.2. The second kappa shape index (κ2) is 4.79. The summed E-state index contributed by atoms with van der Waals surface area (Å²) in [4.78, 5) is 3.79. The van der Waals surface area contributed by atoms with Crippen LogP contribution in [0.3, 0.4) is 0 Å². The zero-order chi connectivity index (χ0) is 13.6. The summed E-state index contributed by atoms with van der Waals surface area (Å²) >= 11 is 3.02. The average molecular weight is 330 g/mol. The van der Waals surface area contributed by atoms with E-state index in [-0.39, 0.29) is 22.0 Å². The number of nitrogens with zero attached hydrogens (tertiary/aromatic N) is 1. The molecule has 1 unspecified atom stereocenters. The fourth-order valence-corrected chi connectivity index (χ4v) is 4.25. The molecule has 0 spiro atoms. The van der Waals surface area contributed by atoms with E-state index < -0.39 is 17.5 Å². The van der Waals surface area contributed by atoms with Crippen LogP contribution in [0.5, 0.6) is 0 Å². The summed E-state index contributed by atoms with van der Waals surface area (Å²) in [6.45, 7) is 0. The van der Waals surface area contributed by atoms with E-state index in [0.29, 0.717) is 0 Å². The van der Waals surface area contributed by atoms with Gasteiger partial charge in [0.25, 0.3) is 0 Å². The minimum atomic E-state index is -1.18. The van der Waals surface area contributed by atoms with E-state index in [2.05, 4.69) is 20.9 Å². The van der Waals surface area contributed by atoms with Crippen molar-refractivity contribution in [1.29, 1.82) is 0 Å². The Hall–Kier alpha value is -0.520. The van der Waals surface area contributed by atoms with Crippen molar-refractivity contribution in [3.63, 3.8) is 0 Å². The molecule has 19 heavy (non-hydrogen) atoms. The van der Waals surface area contributed by atoms with E-state index in [1.54, 1.807) is 0 Å². The van der Waals surface area contributed by atoms with Gasteiger partial charge in [-0.3, -0.25) is 0 Å². The molecular weight excluding hydrogens is 313 g/mol. The summed E-state index contributed by atoms with van der Waals surface area (Å²) in [6, 6.07) is 1.46. The topological polar surface area (TPSA) is 53.4 Å². The summed E-state index contributed by atoms with van der Waals surface area (Å²) in [5, 5.41) is 21.5. The van der Waals surface area contributed by atoms with Gasteiger partial charge in [0.2, 0.25) is 0 Å². The molecule has 2 aliphatic carbocycles. The minimum Gasteiger partial charge on any atom is -0.386 e. The molecule has 0 saturated heterocycles. The van der Waals surface area contributed by atoms with Crippen molar-refractivity contribution in [3.05, 3.63) is 28.2 Å². The molecule has 3 rings (SSSR count). The van der Waals surface area contributed by atoms with Crippen LogP contribution in [0, 0.1) is 17.7 Å². The van der Waals surface area contributed by atoms with Gasteiger partial charge in [0.15, 0.2) is 5.82 Å². The fourth-order valence-electron chi connectivity index (χ4n) is 3.90. The van der Waals surface area contributed by atoms with Gasteiger partial charge in [-0.2, -0.15) is 0 Å². The van der Waals surface area contributed by atoms with Gasteiger partial charge in [0, 0.05) is 11.8 Å². The fraction of sp³-hybridized carbons (Fsp3) is 0.643. The average Bonchev–Trinajstić information content (AvgIpc) is 2.60. The number of hydrogen-bond acceptors (Lipinski definition) is 3. The van der Waals surface area contributed by atoms with Gasteiger partial charge in [-0.25, -0.2) is 9.37 Å². The minimum absolute atomic E-state index is 0.0765. The van der Waals surface area contributed by atoms with Crippen molar-refractivity contribution in [3.8, 4) is 0 Å². The van der Waals surface area contributed by atoms with Gasteiger partial charge < -0.3 is 10.2 Å². The van der Waals surface area contributed by atoms with Crippen LogP contribution in [0.2, 0.25) is 0 Å². The summed E-state index contributed by atoms with van der Waals surface area (Å²) in [5.41, 5.74) is -1.04. The molecule has 0 aliphatic heterocycles. The Balaban J connectivity index is 1.99. The first-order chi connectivity index (χ1) is 9.05. The molecule has 5 heteroatoms. The Morgan fingerprint density at radius 1 is 1.32 bits per heavy atom. The van der Waals surface area contributed by atoms with E-state index >= 15 is 0 Å². The van der Waals surface area contributed by atoms with Crippen LogP contribution in [0.25, 0.3) is 0 Å². The van der Waals surface area contributed by atoms with E-state index in [1.807, 2.05) is 0 Å². The number of rotatable bonds is 2. The van der Waals surface area contributed by atoms with Crippen molar-refractivity contribution in [2.75, 3.05) is 0 Å². The quantitative estimate of drug-likeness (QED) is 0.820. The molecule has 4 atom stereocenters. The molecule has 1 aromatic heterocycles. The zero-order valence-electron chi connectivity index (χ0n) is 10.5. The molecule has 0 amide bonds. The second-order valence-corrected chi connectivity index (χ2v) is 6.45. The molecule has 0 aromatic carbocycles. The van der Waals surface area contributed by atoms with Gasteiger partial charge in [-0.15, -0.1) is 0 Å². The lowest BCUT2D eigenvalue weighted by molar-refractivity contribution is -0.146. The number of halogens is 2. The molecule has 104 valence electrons. The molecule has 2 aliphatic rings. The highest BCUT2D eigenvalue weighted by molar-refractivity contribution is 9.10. The second-order valence-electron chi connectivity index (χ2n) is 5.70. The SMILES string of the molecule is OC(c1ccnc(Br)c1F)[C@]1(O)[C@@H]2CCC[C@H]1CC2. The van der Waals surface area contributed by atoms with Gasteiger partial charge in [-0.05, 0) is 59.5 Å². The maximum Gasteiger partial charge on any atom is 0.161 e. The van der Waals surface area contributed by atoms with Gasteiger partial charge in [0.1, 0.15) is 16.3 Å². The highest BCUT2D eigenvalue weighted by Gasteiger charge is 2.55. The van der Waals surface area contributed by atoms with Gasteiger partial charge in [0.05, 0.1) is 0 Å². The summed E-state index contributed by atoms with van der Waals surface area (Å²) in [5.74, 6) is -0.423. The number of aliphatic hydroxyl groups excluding tert-OH is 1. The molecule has 1 heterocycles. The monoisotopic (exact) mass is 329 g/mol. The van der Waals surface area contributed by atoms with Crippen LogP contribution in [-0.4, -0.2) is 20.8 Å². The number of aromatic nitrogens is 1. The molecular formula is C14H17BrFNO2. The van der Waals surface area contributed by atoms with Crippen LogP contribution >= 0.6 is 15.9 Å². The number of fused-ring (bicyclic) bond motifs is 2. The Bertz CT molecular complexity index is 480. The highest BCUT2D eigenvalue weighted by Crippen LogP contribution is 2.55. The zero-order valence-corrected chi connectivity index (χ0v) is 12.1. The lowest BCUT2D eigenvalue weighted by atomic mass is 9.70. The van der Waals surface area contributed by atoms with E-state index in [1.165, 1.54) is 12.3 Å². The standard InChI is InChI=1S/C14H17BrFNO2/c15-13-11(16)10(6-7-17-13)12(18)14(19)8-2-1-3-9(14)5-4-8/h6-9,12,18-19H,1-5H2/t8-,9+,12?,14+. The maximum absolute atomic E-state index is 14.1. The van der Waals surface area contributed by atoms with Crippen LogP contribution in [0.15, 0.2) is 16.9 Å². The smallest absolute Gasteiger partial charge is 0.161 e. The van der Waals surface area contributed by atoms with Crippen LogP contribution < -0.4 is 0 Å². The molecule has 2 N–H and O–H groups in total.